The summed E-state index contributed by atoms with van der Waals surface area (Å²) in [5.74, 6) is 1.25. The first-order valence-corrected chi connectivity index (χ1v) is 9.95. The van der Waals surface area contributed by atoms with E-state index < -0.39 is 0 Å². The molecule has 0 bridgehead atoms. The van der Waals surface area contributed by atoms with Gasteiger partial charge in [0.2, 0.25) is 0 Å². The van der Waals surface area contributed by atoms with Crippen LogP contribution in [-0.2, 0) is 0 Å². The summed E-state index contributed by atoms with van der Waals surface area (Å²) in [6.45, 7) is 6.11. The van der Waals surface area contributed by atoms with E-state index in [9.17, 15) is 4.79 Å². The number of rotatable bonds is 4. The molecule has 1 fully saturated rings. The molecule has 1 saturated heterocycles. The van der Waals surface area contributed by atoms with Crippen LogP contribution in [0.15, 0.2) is 66.7 Å². The van der Waals surface area contributed by atoms with Gasteiger partial charge in [-0.15, -0.1) is 0 Å². The van der Waals surface area contributed by atoms with Crippen molar-refractivity contribution in [1.82, 2.24) is 4.90 Å². The van der Waals surface area contributed by atoms with Crippen LogP contribution in [0.25, 0.3) is 10.8 Å². The summed E-state index contributed by atoms with van der Waals surface area (Å²) in [5.41, 5.74) is 3.38. The number of benzene rings is 3. The predicted octanol–water partition coefficient (Wildman–Crippen LogP) is 5.80. The summed E-state index contributed by atoms with van der Waals surface area (Å²) in [5, 5.41) is 2.67. The lowest BCUT2D eigenvalue weighted by Gasteiger charge is -2.20. The minimum absolute atomic E-state index is 0.180. The van der Waals surface area contributed by atoms with E-state index in [1.165, 1.54) is 16.3 Å². The molecule has 0 radical (unpaired) electrons. The van der Waals surface area contributed by atoms with Gasteiger partial charge >= 0.3 is 0 Å². The average Bonchev–Trinajstić information content (AvgIpc) is 3.15. The Labute approximate surface area is 161 Å². The van der Waals surface area contributed by atoms with Crippen LogP contribution in [0.4, 0.5) is 0 Å². The van der Waals surface area contributed by atoms with E-state index in [1.807, 2.05) is 36.1 Å². The highest BCUT2D eigenvalue weighted by molar-refractivity contribution is 5.94. The van der Waals surface area contributed by atoms with Crippen LogP contribution in [0.3, 0.4) is 0 Å². The molecule has 2 nitrogen and oxygen atoms in total. The molecular weight excluding hydrogens is 330 g/mol. The van der Waals surface area contributed by atoms with Gasteiger partial charge < -0.3 is 4.90 Å². The third-order valence-electron chi connectivity index (χ3n) is 5.88. The minimum Gasteiger partial charge on any atom is -0.338 e. The molecule has 1 aliphatic heterocycles. The number of amides is 1. The second-order valence-electron chi connectivity index (χ2n) is 7.98. The fourth-order valence-corrected chi connectivity index (χ4v) is 4.48. The minimum atomic E-state index is 0.180. The van der Waals surface area contributed by atoms with Crippen LogP contribution in [0.5, 0.6) is 0 Å². The molecule has 138 valence electrons. The van der Waals surface area contributed by atoms with Gasteiger partial charge in [-0.1, -0.05) is 67.1 Å². The van der Waals surface area contributed by atoms with Gasteiger partial charge in [0.25, 0.3) is 5.91 Å². The smallest absolute Gasteiger partial charge is 0.253 e. The summed E-state index contributed by atoms with van der Waals surface area (Å²) < 4.78 is 0. The quantitative estimate of drug-likeness (QED) is 0.577. The number of nitrogens with zero attached hydrogens (tertiary/aromatic N) is 1. The molecule has 0 aromatic heterocycles. The Morgan fingerprint density at radius 3 is 2.70 bits per heavy atom. The van der Waals surface area contributed by atoms with E-state index in [1.54, 1.807) is 0 Å². The van der Waals surface area contributed by atoms with Crippen LogP contribution in [0.2, 0.25) is 0 Å². The maximum absolute atomic E-state index is 12.8. The first-order chi connectivity index (χ1) is 13.1. The van der Waals surface area contributed by atoms with Gasteiger partial charge in [-0.3, -0.25) is 4.79 Å². The van der Waals surface area contributed by atoms with Crippen molar-refractivity contribution in [2.24, 2.45) is 5.92 Å². The lowest BCUT2D eigenvalue weighted by atomic mass is 9.87. The molecule has 0 saturated carbocycles. The van der Waals surface area contributed by atoms with Crippen molar-refractivity contribution in [3.05, 3.63) is 83.4 Å². The molecule has 3 aromatic rings. The Hall–Kier alpha value is -2.61. The zero-order chi connectivity index (χ0) is 18.8. The second kappa shape index (κ2) is 7.56. The third kappa shape index (κ3) is 3.75. The molecule has 2 heteroatoms. The van der Waals surface area contributed by atoms with Gasteiger partial charge in [0.05, 0.1) is 0 Å². The van der Waals surface area contributed by atoms with E-state index in [-0.39, 0.29) is 5.91 Å². The summed E-state index contributed by atoms with van der Waals surface area (Å²) in [4.78, 5) is 14.8. The fourth-order valence-electron chi connectivity index (χ4n) is 4.48. The molecule has 0 unspecified atom stereocenters. The maximum Gasteiger partial charge on any atom is 0.253 e. The Bertz CT molecular complexity index is 956. The Morgan fingerprint density at radius 1 is 1.07 bits per heavy atom. The highest BCUT2D eigenvalue weighted by atomic mass is 16.2. The number of hydrogen-bond donors (Lipinski definition) is 0. The molecule has 0 spiro atoms. The highest BCUT2D eigenvalue weighted by Gasteiger charge is 2.28. The van der Waals surface area contributed by atoms with Gasteiger partial charge in [0.1, 0.15) is 0 Å². The molecule has 0 aliphatic carbocycles. The second-order valence-corrected chi connectivity index (χ2v) is 7.98. The molecule has 4 rings (SSSR count). The van der Waals surface area contributed by atoms with Gasteiger partial charge in [-0.05, 0) is 60.1 Å². The molecule has 27 heavy (non-hydrogen) atoms. The molecule has 3 aromatic carbocycles. The molecule has 1 heterocycles. The monoisotopic (exact) mass is 357 g/mol. The summed E-state index contributed by atoms with van der Waals surface area (Å²) in [7, 11) is 0. The van der Waals surface area contributed by atoms with Crippen LogP contribution < -0.4 is 0 Å². The Morgan fingerprint density at radius 2 is 1.85 bits per heavy atom. The van der Waals surface area contributed by atoms with Crippen molar-refractivity contribution in [3.8, 4) is 0 Å². The normalized spacial score (nSPS) is 18.0. The molecule has 1 aliphatic rings. The number of likely N-dealkylation sites (tertiary alicyclic amines) is 1. The van der Waals surface area contributed by atoms with E-state index in [0.29, 0.717) is 11.8 Å². The van der Waals surface area contributed by atoms with Crippen molar-refractivity contribution in [2.75, 3.05) is 13.1 Å². The van der Waals surface area contributed by atoms with Crippen LogP contribution >= 0.6 is 0 Å². The highest BCUT2D eigenvalue weighted by Crippen LogP contribution is 2.33. The SMILES string of the molecule is Cc1cccc(C(=O)N2CC[C@H](C[C@H](C)c3cccc4ccccc34)C2)c1. The number of aryl methyl sites for hydroxylation is 1. The van der Waals surface area contributed by atoms with E-state index in [2.05, 4.69) is 49.4 Å². The summed E-state index contributed by atoms with van der Waals surface area (Å²) in [6, 6.07) is 23.2. The standard InChI is InChI=1S/C25H27NO/c1-18-7-5-10-22(15-18)25(27)26-14-13-20(17-26)16-19(2)23-12-6-9-21-8-3-4-11-24(21)23/h3-12,15,19-20H,13-14,16-17H2,1-2H3/t19-,20+/m0/s1. The van der Waals surface area contributed by atoms with Gasteiger partial charge in [0, 0.05) is 18.7 Å². The molecule has 0 N–H and O–H groups in total. The van der Waals surface area contributed by atoms with Crippen molar-refractivity contribution >= 4 is 16.7 Å². The van der Waals surface area contributed by atoms with Crippen molar-refractivity contribution in [2.45, 2.75) is 32.6 Å². The lowest BCUT2D eigenvalue weighted by molar-refractivity contribution is 0.0786. The van der Waals surface area contributed by atoms with Crippen molar-refractivity contribution < 1.29 is 4.79 Å². The molecule has 2 atom stereocenters. The Balaban J connectivity index is 1.44. The topological polar surface area (TPSA) is 20.3 Å². The summed E-state index contributed by atoms with van der Waals surface area (Å²) >= 11 is 0. The van der Waals surface area contributed by atoms with Crippen LogP contribution in [0.1, 0.15) is 47.2 Å². The van der Waals surface area contributed by atoms with Crippen molar-refractivity contribution in [1.29, 1.82) is 0 Å². The first-order valence-electron chi connectivity index (χ1n) is 9.95. The summed E-state index contributed by atoms with van der Waals surface area (Å²) in [6.07, 6.45) is 2.23. The molecular formula is C25H27NO. The lowest BCUT2D eigenvalue weighted by Crippen LogP contribution is -2.28. The van der Waals surface area contributed by atoms with E-state index in [4.69, 9.17) is 0 Å². The first kappa shape index (κ1) is 17.8. The Kier molecular flexibility index (Phi) is 4.98. The van der Waals surface area contributed by atoms with Gasteiger partial charge in [0.15, 0.2) is 0 Å². The predicted molar refractivity (Wildman–Crippen MR) is 112 cm³/mol. The number of fused-ring (bicyclic) bond motifs is 1. The molecule has 1 amide bonds. The third-order valence-corrected chi connectivity index (χ3v) is 5.88. The van der Waals surface area contributed by atoms with Crippen molar-refractivity contribution in [3.63, 3.8) is 0 Å². The van der Waals surface area contributed by atoms with E-state index in [0.717, 1.165) is 37.1 Å². The zero-order valence-corrected chi connectivity index (χ0v) is 16.2. The maximum atomic E-state index is 12.8. The zero-order valence-electron chi connectivity index (χ0n) is 16.2. The average molecular weight is 357 g/mol. The van der Waals surface area contributed by atoms with E-state index >= 15 is 0 Å². The van der Waals surface area contributed by atoms with Gasteiger partial charge in [-0.2, -0.15) is 0 Å². The van der Waals surface area contributed by atoms with Crippen LogP contribution in [-0.4, -0.2) is 23.9 Å². The van der Waals surface area contributed by atoms with Gasteiger partial charge in [-0.25, -0.2) is 0 Å². The number of carbonyl (C=O) groups excluding carboxylic acids is 1. The number of carbonyl (C=O) groups is 1. The van der Waals surface area contributed by atoms with Crippen LogP contribution in [0, 0.1) is 12.8 Å². The fraction of sp³-hybridized carbons (Fsp3) is 0.320. The number of hydrogen-bond acceptors (Lipinski definition) is 1. The largest absolute Gasteiger partial charge is 0.338 e.